The maximum atomic E-state index is 13.4. The van der Waals surface area contributed by atoms with Crippen molar-refractivity contribution in [3.05, 3.63) is 35.5 Å². The molecular formula is C21H27N9O3. The van der Waals surface area contributed by atoms with Crippen LogP contribution in [-0.4, -0.2) is 69.9 Å². The largest absolute Gasteiger partial charge is 0.395 e. The molecule has 1 aromatic carbocycles. The molecule has 174 valence electrons. The Hall–Kier alpha value is -3.61. The van der Waals surface area contributed by atoms with Crippen molar-refractivity contribution in [2.75, 3.05) is 48.6 Å². The van der Waals surface area contributed by atoms with Gasteiger partial charge in [-0.1, -0.05) is 0 Å². The first-order chi connectivity index (χ1) is 15.9. The van der Waals surface area contributed by atoms with E-state index in [9.17, 15) is 9.90 Å². The molecular weight excluding hydrogens is 426 g/mol. The number of aromatic nitrogens is 3. The van der Waals surface area contributed by atoms with E-state index in [0.717, 1.165) is 5.56 Å². The predicted molar refractivity (Wildman–Crippen MR) is 124 cm³/mol. The van der Waals surface area contributed by atoms with E-state index in [-0.39, 0.29) is 24.7 Å². The number of fused-ring (bicyclic) bond motifs is 5. The number of anilines is 5. The fourth-order valence-corrected chi connectivity index (χ4v) is 4.45. The minimum Gasteiger partial charge on any atom is -0.395 e. The molecule has 2 aliphatic heterocycles. The molecule has 0 saturated carbocycles. The van der Waals surface area contributed by atoms with E-state index in [4.69, 9.17) is 16.3 Å². The third-order valence-corrected chi connectivity index (χ3v) is 6.15. The van der Waals surface area contributed by atoms with Crippen LogP contribution in [0.4, 0.5) is 28.7 Å². The van der Waals surface area contributed by atoms with Crippen LogP contribution in [0.15, 0.2) is 24.4 Å². The van der Waals surface area contributed by atoms with Gasteiger partial charge < -0.3 is 36.1 Å². The molecule has 0 aliphatic carbocycles. The van der Waals surface area contributed by atoms with E-state index in [0.29, 0.717) is 59.5 Å². The van der Waals surface area contributed by atoms with Crippen molar-refractivity contribution in [3.8, 4) is 0 Å². The number of hydrogen-bond acceptors (Lipinski definition) is 10. The number of rotatable bonds is 3. The van der Waals surface area contributed by atoms with Gasteiger partial charge in [0.1, 0.15) is 17.2 Å². The van der Waals surface area contributed by atoms with Crippen LogP contribution in [0.25, 0.3) is 5.65 Å². The molecule has 2 aliphatic rings. The van der Waals surface area contributed by atoms with Gasteiger partial charge in [0.05, 0.1) is 48.6 Å². The molecule has 0 radical (unpaired) electrons. The third-order valence-electron chi connectivity index (χ3n) is 6.15. The van der Waals surface area contributed by atoms with Crippen LogP contribution in [-0.2, 0) is 11.3 Å². The molecule has 1 fully saturated rings. The lowest BCUT2D eigenvalue weighted by Crippen LogP contribution is -2.38. The number of aliphatic hydroxyl groups is 1. The first-order valence-corrected chi connectivity index (χ1v) is 10.7. The number of ether oxygens (including phenoxy) is 1. The van der Waals surface area contributed by atoms with E-state index in [1.54, 1.807) is 29.6 Å². The smallest absolute Gasteiger partial charge is 0.259 e. The van der Waals surface area contributed by atoms with Crippen molar-refractivity contribution < 1.29 is 14.6 Å². The van der Waals surface area contributed by atoms with Gasteiger partial charge in [0.15, 0.2) is 5.65 Å². The Bertz CT molecular complexity index is 1230. The van der Waals surface area contributed by atoms with E-state index >= 15 is 0 Å². The van der Waals surface area contributed by atoms with Gasteiger partial charge in [-0.25, -0.2) is 10.8 Å². The number of aliphatic hydroxyl groups excluding tert-OH is 1. The summed E-state index contributed by atoms with van der Waals surface area (Å²) < 4.78 is 7.70. The molecule has 2 aromatic heterocycles. The number of nitrogens with zero attached hydrogens (tertiary/aromatic N) is 5. The zero-order chi connectivity index (χ0) is 23.3. The lowest BCUT2D eigenvalue weighted by Gasteiger charge is -2.23. The second kappa shape index (κ2) is 8.06. The minimum absolute atomic E-state index is 0.152. The summed E-state index contributed by atoms with van der Waals surface area (Å²) in [5.41, 5.74) is 9.72. The van der Waals surface area contributed by atoms with Crippen LogP contribution in [0.1, 0.15) is 22.3 Å². The molecule has 5 rings (SSSR count). The average molecular weight is 454 g/mol. The van der Waals surface area contributed by atoms with Gasteiger partial charge in [0.2, 0.25) is 0 Å². The van der Waals surface area contributed by atoms with Crippen LogP contribution in [0, 0.1) is 0 Å². The molecule has 12 nitrogen and oxygen atoms in total. The summed E-state index contributed by atoms with van der Waals surface area (Å²) in [6.07, 6.45) is 1.81. The summed E-state index contributed by atoms with van der Waals surface area (Å²) in [6, 6.07) is 5.20. The summed E-state index contributed by atoms with van der Waals surface area (Å²) >= 11 is 0. The van der Waals surface area contributed by atoms with Crippen LogP contribution in [0.5, 0.6) is 0 Å². The monoisotopic (exact) mass is 453 g/mol. The standard InChI is InChI=1S/C21H27N9O3/c1-24-18-6-17-26-15-3-11(4-16(19(15)22)28(2)23)10-33-13-5-12(9-31)29(8-13)21(32)14-7-25-30(18)20(14)27-17/h3-4,6-7,12-13,24,31H,5,8-10,22-23H2,1-2H3,(H,26,27). The second-order valence-electron chi connectivity index (χ2n) is 8.34. The minimum atomic E-state index is -0.347. The maximum absolute atomic E-state index is 13.4. The molecule has 7 N–H and O–H groups in total. The van der Waals surface area contributed by atoms with Crippen molar-refractivity contribution in [3.63, 3.8) is 0 Å². The average Bonchev–Trinajstić information content (AvgIpc) is 3.42. The fraction of sp³-hybridized carbons (Fsp3) is 0.381. The van der Waals surface area contributed by atoms with Crippen LogP contribution < -0.4 is 27.2 Å². The number of nitrogen functional groups attached to an aromatic ring is 1. The highest BCUT2D eigenvalue weighted by molar-refractivity contribution is 6.00. The first-order valence-electron chi connectivity index (χ1n) is 10.7. The number of hydrazine groups is 1. The Morgan fingerprint density at radius 3 is 2.94 bits per heavy atom. The number of amides is 1. The van der Waals surface area contributed by atoms with Crippen molar-refractivity contribution in [1.29, 1.82) is 0 Å². The topological polar surface area (TPSA) is 159 Å². The van der Waals surface area contributed by atoms with Crippen molar-refractivity contribution >= 4 is 40.3 Å². The zero-order valence-corrected chi connectivity index (χ0v) is 18.4. The van der Waals surface area contributed by atoms with Crippen LogP contribution in [0.2, 0.25) is 0 Å². The molecule has 1 amide bonds. The molecule has 2 atom stereocenters. The van der Waals surface area contributed by atoms with Gasteiger partial charge in [-0.05, 0) is 24.1 Å². The lowest BCUT2D eigenvalue weighted by atomic mass is 10.1. The fourth-order valence-electron chi connectivity index (χ4n) is 4.45. The van der Waals surface area contributed by atoms with Crippen molar-refractivity contribution in [2.45, 2.75) is 25.2 Å². The van der Waals surface area contributed by atoms with E-state index in [1.807, 2.05) is 12.1 Å². The summed E-state index contributed by atoms with van der Waals surface area (Å²) in [5.74, 6) is 6.89. The van der Waals surface area contributed by atoms with Gasteiger partial charge in [-0.15, -0.1) is 0 Å². The van der Waals surface area contributed by atoms with Gasteiger partial charge in [0, 0.05) is 26.7 Å². The number of nitrogens with one attached hydrogen (secondary N) is 2. The first kappa shape index (κ1) is 21.2. The SMILES string of the molecule is CNc1cc2nc3c(cnn13)C(=O)N1CC(CC1CO)OCc1cc(c(N)c(N(C)N)c1)N2. The van der Waals surface area contributed by atoms with E-state index in [1.165, 1.54) is 11.2 Å². The van der Waals surface area contributed by atoms with Gasteiger partial charge in [-0.3, -0.25) is 4.79 Å². The normalized spacial score (nSPS) is 20.1. The molecule has 1 saturated heterocycles. The van der Waals surface area contributed by atoms with Crippen molar-refractivity contribution in [2.24, 2.45) is 5.84 Å². The molecule has 33 heavy (non-hydrogen) atoms. The number of nitrogens with two attached hydrogens (primary N) is 2. The summed E-state index contributed by atoms with van der Waals surface area (Å²) in [6.45, 7) is 0.512. The van der Waals surface area contributed by atoms with Crippen molar-refractivity contribution in [1.82, 2.24) is 19.5 Å². The van der Waals surface area contributed by atoms with E-state index < -0.39 is 0 Å². The number of hydrogen-bond donors (Lipinski definition) is 5. The quantitative estimate of drug-likeness (QED) is 0.215. The lowest BCUT2D eigenvalue weighted by molar-refractivity contribution is 0.0438. The summed E-state index contributed by atoms with van der Waals surface area (Å²) in [4.78, 5) is 19.8. The molecule has 2 unspecified atom stereocenters. The second-order valence-corrected chi connectivity index (χ2v) is 8.34. The van der Waals surface area contributed by atoms with E-state index in [2.05, 4.69) is 20.7 Å². The highest BCUT2D eigenvalue weighted by Crippen LogP contribution is 2.35. The predicted octanol–water partition coefficient (Wildman–Crippen LogP) is 0.512. The number of benzene rings is 1. The van der Waals surface area contributed by atoms with Gasteiger partial charge in [-0.2, -0.15) is 9.61 Å². The Morgan fingerprint density at radius 1 is 1.39 bits per heavy atom. The molecule has 0 spiro atoms. The Morgan fingerprint density at radius 2 is 2.21 bits per heavy atom. The zero-order valence-electron chi connectivity index (χ0n) is 18.4. The Labute approximate surface area is 190 Å². The third kappa shape index (κ3) is 3.57. The van der Waals surface area contributed by atoms with Gasteiger partial charge >= 0.3 is 0 Å². The highest BCUT2D eigenvalue weighted by atomic mass is 16.5. The molecule has 4 heterocycles. The molecule has 12 heteroatoms. The summed E-state index contributed by atoms with van der Waals surface area (Å²) in [7, 11) is 3.48. The van der Waals surface area contributed by atoms with Crippen LogP contribution in [0.3, 0.4) is 0 Å². The number of carbonyl (C=O) groups is 1. The maximum Gasteiger partial charge on any atom is 0.259 e. The molecule has 3 aromatic rings. The van der Waals surface area contributed by atoms with Crippen LogP contribution >= 0.6 is 0 Å². The summed E-state index contributed by atoms with van der Waals surface area (Å²) in [5, 5.41) is 22.1. The highest BCUT2D eigenvalue weighted by Gasteiger charge is 2.37. The van der Waals surface area contributed by atoms with Gasteiger partial charge in [0.25, 0.3) is 5.91 Å². The number of carbonyl (C=O) groups excluding carboxylic acids is 1. The Balaban J connectivity index is 1.71. The molecule has 6 bridgehead atoms. The Kier molecular flexibility index (Phi) is 5.19.